The molecule has 0 saturated carbocycles. The number of rotatable bonds is 5. The Morgan fingerprint density at radius 3 is 2.55 bits per heavy atom. The summed E-state index contributed by atoms with van der Waals surface area (Å²) in [4.78, 5) is 23.1. The zero-order valence-electron chi connectivity index (χ0n) is 11.9. The van der Waals surface area contributed by atoms with Gasteiger partial charge in [-0.05, 0) is 38.5 Å². The van der Waals surface area contributed by atoms with E-state index in [2.05, 4.69) is 5.32 Å². The molecule has 112 valence electrons. The maximum absolute atomic E-state index is 11.7. The maximum atomic E-state index is 11.7. The number of hydrogen-bond donors (Lipinski definition) is 2. The van der Waals surface area contributed by atoms with Crippen LogP contribution in [0.2, 0.25) is 0 Å². The molecule has 5 nitrogen and oxygen atoms in total. The van der Waals surface area contributed by atoms with Crippen LogP contribution < -0.4 is 11.1 Å². The van der Waals surface area contributed by atoms with Gasteiger partial charge in [0.25, 0.3) is 0 Å². The number of nitrogens with one attached hydrogen (secondary N) is 1. The molecule has 1 aromatic carbocycles. The van der Waals surface area contributed by atoms with E-state index in [9.17, 15) is 9.59 Å². The van der Waals surface area contributed by atoms with E-state index in [0.717, 1.165) is 5.56 Å². The quantitative estimate of drug-likeness (QED) is 0.814. The summed E-state index contributed by atoms with van der Waals surface area (Å²) in [6.07, 6.45) is 0.184. The van der Waals surface area contributed by atoms with Crippen molar-refractivity contribution in [3.63, 3.8) is 0 Å². The lowest BCUT2D eigenvalue weighted by Gasteiger charge is -2.18. The number of halogens is 1. The average Bonchev–Trinajstić information content (AvgIpc) is 2.28. The molecule has 1 amide bonds. The van der Waals surface area contributed by atoms with Crippen molar-refractivity contribution in [1.29, 1.82) is 0 Å². The molecule has 0 bridgehead atoms. The van der Waals surface area contributed by atoms with Gasteiger partial charge in [0.05, 0.1) is 18.6 Å². The van der Waals surface area contributed by atoms with Crippen molar-refractivity contribution in [1.82, 2.24) is 0 Å². The van der Waals surface area contributed by atoms with Gasteiger partial charge in [-0.1, -0.05) is 12.1 Å². The van der Waals surface area contributed by atoms with Gasteiger partial charge in [-0.3, -0.25) is 9.59 Å². The Balaban J connectivity index is 0.00000361. The van der Waals surface area contributed by atoms with Crippen LogP contribution in [0.1, 0.15) is 26.3 Å². The third-order valence-electron chi connectivity index (χ3n) is 2.42. The van der Waals surface area contributed by atoms with E-state index < -0.39 is 5.54 Å². The van der Waals surface area contributed by atoms with Crippen molar-refractivity contribution < 1.29 is 14.3 Å². The predicted molar refractivity (Wildman–Crippen MR) is 80.9 cm³/mol. The van der Waals surface area contributed by atoms with Crippen LogP contribution in [-0.4, -0.2) is 24.0 Å². The highest BCUT2D eigenvalue weighted by atomic mass is 35.5. The van der Waals surface area contributed by atoms with Gasteiger partial charge in [0.2, 0.25) is 5.91 Å². The van der Waals surface area contributed by atoms with Crippen LogP contribution in [0.25, 0.3) is 0 Å². The van der Waals surface area contributed by atoms with Gasteiger partial charge in [-0.2, -0.15) is 0 Å². The third kappa shape index (κ3) is 6.04. The molecule has 1 rings (SSSR count). The number of carbonyl (C=O) groups is 2. The van der Waals surface area contributed by atoms with E-state index in [1.165, 1.54) is 0 Å². The normalized spacial score (nSPS) is 10.4. The first-order chi connectivity index (χ1) is 8.82. The molecule has 6 heteroatoms. The average molecular weight is 301 g/mol. The fraction of sp³-hybridized carbons (Fsp3) is 0.429. The molecule has 0 aliphatic rings. The Bertz CT molecular complexity index is 470. The third-order valence-corrected chi connectivity index (χ3v) is 2.42. The van der Waals surface area contributed by atoms with Crippen molar-refractivity contribution in [2.45, 2.75) is 32.7 Å². The van der Waals surface area contributed by atoms with E-state index in [1.54, 1.807) is 45.0 Å². The lowest BCUT2D eigenvalue weighted by Crippen LogP contribution is -2.45. The van der Waals surface area contributed by atoms with Crippen molar-refractivity contribution >= 4 is 30.0 Å². The summed E-state index contributed by atoms with van der Waals surface area (Å²) in [7, 11) is 0. The standard InChI is InChI=1S/C14H20N2O3.ClH/c1-4-19-12(17)9-10-6-5-7-11(8-10)16-13(18)14(2,3)15;/h5-8H,4,9,15H2,1-3H3,(H,16,18);1H. The van der Waals surface area contributed by atoms with Crippen LogP contribution in [0.15, 0.2) is 24.3 Å². The minimum atomic E-state index is -0.947. The topological polar surface area (TPSA) is 81.4 Å². The largest absolute Gasteiger partial charge is 0.466 e. The molecule has 0 unspecified atom stereocenters. The Labute approximate surface area is 125 Å². The molecule has 1 aromatic rings. The second-order valence-corrected chi connectivity index (χ2v) is 4.86. The zero-order valence-corrected chi connectivity index (χ0v) is 12.8. The molecular weight excluding hydrogens is 280 g/mol. The molecule has 0 radical (unpaired) electrons. The summed E-state index contributed by atoms with van der Waals surface area (Å²) in [6, 6.07) is 7.06. The van der Waals surface area contributed by atoms with Crippen molar-refractivity contribution in [2.75, 3.05) is 11.9 Å². The summed E-state index contributed by atoms with van der Waals surface area (Å²) >= 11 is 0. The summed E-state index contributed by atoms with van der Waals surface area (Å²) in [5.41, 5.74) is 6.15. The molecule has 0 aliphatic heterocycles. The van der Waals surface area contributed by atoms with Gasteiger partial charge in [0.15, 0.2) is 0 Å². The first kappa shape index (κ1) is 18.4. The number of carbonyl (C=O) groups excluding carboxylic acids is 2. The molecule has 3 N–H and O–H groups in total. The first-order valence-corrected chi connectivity index (χ1v) is 6.18. The molecule has 0 fully saturated rings. The van der Waals surface area contributed by atoms with E-state index in [1.807, 2.05) is 0 Å². The maximum Gasteiger partial charge on any atom is 0.310 e. The SMILES string of the molecule is CCOC(=O)Cc1cccc(NC(=O)C(C)(C)N)c1.Cl. The van der Waals surface area contributed by atoms with Crippen LogP contribution in [0.3, 0.4) is 0 Å². The minimum absolute atomic E-state index is 0. The highest BCUT2D eigenvalue weighted by Crippen LogP contribution is 2.13. The predicted octanol–water partition coefficient (Wildman–Crippen LogP) is 1.89. The summed E-state index contributed by atoms with van der Waals surface area (Å²) < 4.78 is 4.87. The number of anilines is 1. The minimum Gasteiger partial charge on any atom is -0.466 e. The van der Waals surface area contributed by atoms with Gasteiger partial charge in [0.1, 0.15) is 0 Å². The van der Waals surface area contributed by atoms with E-state index in [4.69, 9.17) is 10.5 Å². The number of ether oxygens (including phenoxy) is 1. The highest BCUT2D eigenvalue weighted by molar-refractivity contribution is 5.97. The Hall–Kier alpha value is -1.59. The number of benzene rings is 1. The van der Waals surface area contributed by atoms with Gasteiger partial charge < -0.3 is 15.8 Å². The molecular formula is C14H21ClN2O3. The van der Waals surface area contributed by atoms with E-state index in [-0.39, 0.29) is 30.7 Å². The van der Waals surface area contributed by atoms with Crippen LogP contribution >= 0.6 is 12.4 Å². The van der Waals surface area contributed by atoms with Gasteiger partial charge in [0, 0.05) is 5.69 Å². The molecule has 0 heterocycles. The molecule has 0 spiro atoms. The number of amides is 1. The Morgan fingerprint density at radius 1 is 1.35 bits per heavy atom. The van der Waals surface area contributed by atoms with Crippen molar-refractivity contribution in [3.05, 3.63) is 29.8 Å². The smallest absolute Gasteiger partial charge is 0.310 e. The molecule has 0 aliphatic carbocycles. The molecule has 0 atom stereocenters. The first-order valence-electron chi connectivity index (χ1n) is 6.18. The van der Waals surface area contributed by atoms with E-state index >= 15 is 0 Å². The van der Waals surface area contributed by atoms with Crippen LogP contribution in [-0.2, 0) is 20.7 Å². The van der Waals surface area contributed by atoms with Gasteiger partial charge in [-0.15, -0.1) is 12.4 Å². The second kappa shape index (κ2) is 7.87. The molecule has 0 saturated heterocycles. The summed E-state index contributed by atoms with van der Waals surface area (Å²) in [5.74, 6) is -0.564. The van der Waals surface area contributed by atoms with Crippen LogP contribution in [0.5, 0.6) is 0 Å². The Kier molecular flexibility index (Phi) is 7.24. The summed E-state index contributed by atoms with van der Waals surface area (Å²) in [5, 5.41) is 2.71. The fourth-order valence-corrected chi connectivity index (χ4v) is 1.43. The van der Waals surface area contributed by atoms with Crippen molar-refractivity contribution in [2.24, 2.45) is 5.73 Å². The molecule has 20 heavy (non-hydrogen) atoms. The lowest BCUT2D eigenvalue weighted by molar-refractivity contribution is -0.142. The number of nitrogens with two attached hydrogens (primary N) is 1. The fourth-order valence-electron chi connectivity index (χ4n) is 1.43. The Morgan fingerprint density at radius 2 is 2.00 bits per heavy atom. The van der Waals surface area contributed by atoms with Crippen LogP contribution in [0, 0.1) is 0 Å². The van der Waals surface area contributed by atoms with E-state index in [0.29, 0.717) is 12.3 Å². The summed E-state index contributed by atoms with van der Waals surface area (Å²) in [6.45, 7) is 5.38. The zero-order chi connectivity index (χ0) is 14.5. The number of hydrogen-bond acceptors (Lipinski definition) is 4. The number of esters is 1. The second-order valence-electron chi connectivity index (χ2n) is 4.86. The van der Waals surface area contributed by atoms with Crippen LogP contribution in [0.4, 0.5) is 5.69 Å². The molecule has 0 aromatic heterocycles. The highest BCUT2D eigenvalue weighted by Gasteiger charge is 2.21. The monoisotopic (exact) mass is 300 g/mol. The lowest BCUT2D eigenvalue weighted by atomic mass is 10.1. The van der Waals surface area contributed by atoms with Crippen molar-refractivity contribution in [3.8, 4) is 0 Å². The van der Waals surface area contributed by atoms with Gasteiger partial charge >= 0.3 is 5.97 Å². The van der Waals surface area contributed by atoms with Gasteiger partial charge in [-0.25, -0.2) is 0 Å².